The van der Waals surface area contributed by atoms with Crippen molar-refractivity contribution < 1.29 is 9.26 Å². The van der Waals surface area contributed by atoms with Crippen LogP contribution in [0.4, 0.5) is 0 Å². The van der Waals surface area contributed by atoms with E-state index in [-0.39, 0.29) is 6.10 Å². The second-order valence-electron chi connectivity index (χ2n) is 2.51. The molecule has 0 saturated heterocycles. The zero-order valence-electron chi connectivity index (χ0n) is 6.97. The average Bonchev–Trinajstić information content (AvgIpc) is 2.74. The minimum absolute atomic E-state index is 0.155. The molecule has 0 aliphatic heterocycles. The zero-order valence-corrected chi connectivity index (χ0v) is 6.97. The van der Waals surface area contributed by atoms with Gasteiger partial charge < -0.3 is 4.74 Å². The summed E-state index contributed by atoms with van der Waals surface area (Å²) in [6.45, 7) is 1.87. The largest absolute Gasteiger partial charge is 0.453 e. The van der Waals surface area contributed by atoms with Crippen LogP contribution in [-0.2, 0) is 0 Å². The highest BCUT2D eigenvalue weighted by molar-refractivity contribution is 5.04. The molecule has 2 aromatic heterocycles. The fraction of sp³-hybridized carbons (Fsp3) is 0.286. The number of aromatic amines is 1. The van der Waals surface area contributed by atoms with Crippen molar-refractivity contribution in [2.45, 2.75) is 13.0 Å². The van der Waals surface area contributed by atoms with E-state index in [0.29, 0.717) is 5.95 Å². The summed E-state index contributed by atoms with van der Waals surface area (Å²) in [5.74, 6) is 0.294. The van der Waals surface area contributed by atoms with Crippen LogP contribution in [0.5, 0.6) is 5.95 Å². The molecule has 1 unspecified atom stereocenters. The molecule has 6 heteroatoms. The third-order valence-corrected chi connectivity index (χ3v) is 1.59. The number of aromatic nitrogens is 4. The van der Waals surface area contributed by atoms with Crippen molar-refractivity contribution in [1.29, 1.82) is 0 Å². The molecular weight excluding hydrogens is 172 g/mol. The van der Waals surface area contributed by atoms with Gasteiger partial charge >= 0.3 is 5.95 Å². The highest BCUT2D eigenvalue weighted by atomic mass is 16.6. The van der Waals surface area contributed by atoms with E-state index in [4.69, 9.17) is 4.74 Å². The van der Waals surface area contributed by atoms with Gasteiger partial charge in [-0.05, 0) is 13.0 Å². The smallest absolute Gasteiger partial charge is 0.332 e. The van der Waals surface area contributed by atoms with Crippen LogP contribution in [0.25, 0.3) is 0 Å². The molecule has 13 heavy (non-hydrogen) atoms. The Bertz CT molecular complexity index is 342. The van der Waals surface area contributed by atoms with Gasteiger partial charge in [-0.1, -0.05) is 0 Å². The Morgan fingerprint density at radius 1 is 1.62 bits per heavy atom. The molecule has 0 aliphatic rings. The Hall–Kier alpha value is -1.85. The van der Waals surface area contributed by atoms with Crippen molar-refractivity contribution >= 4 is 0 Å². The second-order valence-corrected chi connectivity index (χ2v) is 2.51. The maximum atomic E-state index is 5.34. The van der Waals surface area contributed by atoms with E-state index in [0.717, 1.165) is 5.69 Å². The summed E-state index contributed by atoms with van der Waals surface area (Å²) < 4.78 is 10.0. The summed E-state index contributed by atoms with van der Waals surface area (Å²) in [6.07, 6.45) is 2.91. The predicted octanol–water partition coefficient (Wildman–Crippen LogP) is 0.933. The average molecular weight is 180 g/mol. The molecule has 0 radical (unpaired) electrons. The van der Waals surface area contributed by atoms with Crippen molar-refractivity contribution in [3.63, 3.8) is 0 Å². The molecule has 0 spiro atoms. The molecule has 2 rings (SSSR count). The van der Waals surface area contributed by atoms with E-state index in [2.05, 4.69) is 25.1 Å². The summed E-state index contributed by atoms with van der Waals surface area (Å²) >= 11 is 0. The Morgan fingerprint density at radius 2 is 2.54 bits per heavy atom. The SMILES string of the molecule is CC(Oc1cnno1)c1ccn[nH]1. The van der Waals surface area contributed by atoms with Gasteiger partial charge in [-0.2, -0.15) is 5.10 Å². The number of nitrogens with one attached hydrogen (secondary N) is 1. The second kappa shape index (κ2) is 3.26. The van der Waals surface area contributed by atoms with Gasteiger partial charge in [0.05, 0.1) is 5.69 Å². The number of nitrogens with zero attached hydrogens (tertiary/aromatic N) is 3. The number of H-pyrrole nitrogens is 1. The monoisotopic (exact) mass is 180 g/mol. The van der Waals surface area contributed by atoms with Gasteiger partial charge in [0.2, 0.25) is 0 Å². The third kappa shape index (κ3) is 1.66. The molecule has 1 N–H and O–H groups in total. The molecule has 0 aromatic carbocycles. The van der Waals surface area contributed by atoms with Gasteiger partial charge in [0.1, 0.15) is 12.3 Å². The first-order valence-corrected chi connectivity index (χ1v) is 3.79. The van der Waals surface area contributed by atoms with Crippen LogP contribution in [0.1, 0.15) is 18.7 Å². The lowest BCUT2D eigenvalue weighted by Gasteiger charge is -2.07. The van der Waals surface area contributed by atoms with Gasteiger partial charge in [0, 0.05) is 11.5 Å². The standard InChI is InChI=1S/C7H8N4O2/c1-5(6-2-3-8-10-6)12-7-4-9-11-13-7/h2-5H,1H3,(H,8,10). The first-order valence-electron chi connectivity index (χ1n) is 3.79. The van der Waals surface area contributed by atoms with Crippen LogP contribution in [0.2, 0.25) is 0 Å². The van der Waals surface area contributed by atoms with E-state index in [9.17, 15) is 0 Å². The Morgan fingerprint density at radius 3 is 3.15 bits per heavy atom. The molecule has 2 aromatic rings. The molecule has 68 valence electrons. The number of hydrogen-bond donors (Lipinski definition) is 1. The van der Waals surface area contributed by atoms with Crippen LogP contribution in [0.15, 0.2) is 23.0 Å². The van der Waals surface area contributed by atoms with E-state index in [1.807, 2.05) is 13.0 Å². The predicted molar refractivity (Wildman–Crippen MR) is 41.9 cm³/mol. The minimum Gasteiger partial charge on any atom is -0.453 e. The maximum Gasteiger partial charge on any atom is 0.332 e. The molecule has 6 nitrogen and oxygen atoms in total. The first kappa shape index (κ1) is 7.78. The molecule has 0 amide bonds. The normalized spacial score (nSPS) is 12.7. The quantitative estimate of drug-likeness (QED) is 0.760. The van der Waals surface area contributed by atoms with Crippen LogP contribution >= 0.6 is 0 Å². The van der Waals surface area contributed by atoms with E-state index >= 15 is 0 Å². The van der Waals surface area contributed by atoms with Crippen molar-refractivity contribution in [3.05, 3.63) is 24.2 Å². The number of ether oxygens (including phenoxy) is 1. The molecule has 1 atom stereocenters. The van der Waals surface area contributed by atoms with Gasteiger partial charge in [-0.3, -0.25) is 9.62 Å². The Balaban J connectivity index is 2.04. The molecule has 0 aliphatic carbocycles. The van der Waals surface area contributed by atoms with E-state index < -0.39 is 0 Å². The minimum atomic E-state index is -0.155. The van der Waals surface area contributed by atoms with Gasteiger partial charge in [0.25, 0.3) is 0 Å². The van der Waals surface area contributed by atoms with Crippen LogP contribution in [0, 0.1) is 0 Å². The van der Waals surface area contributed by atoms with Crippen molar-refractivity contribution in [3.8, 4) is 5.95 Å². The van der Waals surface area contributed by atoms with E-state index in [1.165, 1.54) is 6.20 Å². The highest BCUT2D eigenvalue weighted by Crippen LogP contribution is 2.17. The summed E-state index contributed by atoms with van der Waals surface area (Å²) in [5, 5.41) is 13.4. The fourth-order valence-electron chi connectivity index (χ4n) is 0.941. The molecular formula is C7H8N4O2. The number of rotatable bonds is 3. The van der Waals surface area contributed by atoms with Gasteiger partial charge in [0.15, 0.2) is 0 Å². The topological polar surface area (TPSA) is 76.8 Å². The molecule has 0 saturated carbocycles. The van der Waals surface area contributed by atoms with Crippen molar-refractivity contribution in [2.75, 3.05) is 0 Å². The third-order valence-electron chi connectivity index (χ3n) is 1.59. The lowest BCUT2D eigenvalue weighted by Crippen LogP contribution is -2.02. The van der Waals surface area contributed by atoms with Crippen molar-refractivity contribution in [2.24, 2.45) is 0 Å². The maximum absolute atomic E-state index is 5.34. The lowest BCUT2D eigenvalue weighted by atomic mass is 10.3. The summed E-state index contributed by atoms with van der Waals surface area (Å²) in [7, 11) is 0. The molecule has 2 heterocycles. The van der Waals surface area contributed by atoms with Crippen LogP contribution in [0.3, 0.4) is 0 Å². The molecule has 0 fully saturated rings. The lowest BCUT2D eigenvalue weighted by molar-refractivity contribution is 0.151. The summed E-state index contributed by atoms with van der Waals surface area (Å²) in [5.41, 5.74) is 0.872. The van der Waals surface area contributed by atoms with Crippen LogP contribution < -0.4 is 4.74 Å². The summed E-state index contributed by atoms with van der Waals surface area (Å²) in [4.78, 5) is 0. The summed E-state index contributed by atoms with van der Waals surface area (Å²) in [6, 6.07) is 1.83. The van der Waals surface area contributed by atoms with E-state index in [1.54, 1.807) is 6.20 Å². The van der Waals surface area contributed by atoms with Gasteiger partial charge in [-0.25, -0.2) is 0 Å². The zero-order chi connectivity index (χ0) is 9.10. The van der Waals surface area contributed by atoms with Crippen molar-refractivity contribution in [1.82, 2.24) is 20.6 Å². The Kier molecular flexibility index (Phi) is 1.95. The van der Waals surface area contributed by atoms with Gasteiger partial charge in [-0.15, -0.1) is 5.10 Å². The fourth-order valence-corrected chi connectivity index (χ4v) is 0.941. The van der Waals surface area contributed by atoms with Crippen LogP contribution in [-0.4, -0.2) is 20.6 Å². The highest BCUT2D eigenvalue weighted by Gasteiger charge is 2.10. The molecule has 0 bridgehead atoms. The number of hydrogen-bond acceptors (Lipinski definition) is 5. The Labute approximate surface area is 73.9 Å². The first-order chi connectivity index (χ1) is 6.36.